The van der Waals surface area contributed by atoms with Gasteiger partial charge in [-0.05, 0) is 24.6 Å². The van der Waals surface area contributed by atoms with Crippen molar-refractivity contribution < 1.29 is 14.4 Å². The number of amides is 1. The molecule has 2 saturated heterocycles. The summed E-state index contributed by atoms with van der Waals surface area (Å²) in [5, 5.41) is 0. The van der Waals surface area contributed by atoms with E-state index >= 15 is 0 Å². The van der Waals surface area contributed by atoms with Gasteiger partial charge in [0.15, 0.2) is 0 Å². The molecule has 2 unspecified atom stereocenters. The second kappa shape index (κ2) is 7.56. The molecular weight excluding hydrogens is 300 g/mol. The number of hydrogen-bond donors (Lipinski definition) is 1. The summed E-state index contributed by atoms with van der Waals surface area (Å²) in [4.78, 5) is 16.5. The maximum Gasteiger partial charge on any atom is 0.253 e. The van der Waals surface area contributed by atoms with Gasteiger partial charge in [0, 0.05) is 43.3 Å². The molecule has 2 heterocycles. The first-order valence-electron chi connectivity index (χ1n) is 9.34. The number of hydrogen-bond acceptors (Lipinski definition) is 2. The van der Waals surface area contributed by atoms with Crippen LogP contribution in [0.4, 0.5) is 0 Å². The molecule has 1 N–H and O–H groups in total. The van der Waals surface area contributed by atoms with Gasteiger partial charge in [0.25, 0.3) is 5.91 Å². The average molecular weight is 331 g/mol. The number of likely N-dealkylation sites (tertiary alicyclic amines) is 2. The van der Waals surface area contributed by atoms with Crippen molar-refractivity contribution in [3.05, 3.63) is 29.8 Å². The van der Waals surface area contributed by atoms with Crippen molar-refractivity contribution in [2.75, 3.05) is 33.3 Å². The summed E-state index contributed by atoms with van der Waals surface area (Å²) in [6.45, 7) is 9.14. The van der Waals surface area contributed by atoms with Crippen LogP contribution in [0.5, 0.6) is 5.75 Å². The molecule has 0 saturated carbocycles. The van der Waals surface area contributed by atoms with Gasteiger partial charge in [-0.15, -0.1) is 0 Å². The van der Waals surface area contributed by atoms with E-state index < -0.39 is 0 Å². The standard InChI is InChI=1S/C20H30N2O2/c1-15-11-16(2)14-22(13-15)18-7-9-21(10-8-18)20(23)17-5-4-6-19(12-17)24-3/h4-6,12,15-16,18H,7-11,13-14H2,1-3H3/p+1. The molecule has 2 aliphatic rings. The van der Waals surface area contributed by atoms with Crippen molar-refractivity contribution in [3.63, 3.8) is 0 Å². The number of rotatable bonds is 3. The van der Waals surface area contributed by atoms with Crippen molar-refractivity contribution in [2.45, 2.75) is 39.2 Å². The Kier molecular flexibility index (Phi) is 5.44. The summed E-state index contributed by atoms with van der Waals surface area (Å²) in [6.07, 6.45) is 3.63. The second-order valence-corrected chi connectivity index (χ2v) is 7.81. The predicted octanol–water partition coefficient (Wildman–Crippen LogP) is 1.86. The van der Waals surface area contributed by atoms with E-state index in [2.05, 4.69) is 13.8 Å². The zero-order valence-electron chi connectivity index (χ0n) is 15.3. The quantitative estimate of drug-likeness (QED) is 0.917. The van der Waals surface area contributed by atoms with E-state index in [0.29, 0.717) is 0 Å². The lowest BCUT2D eigenvalue weighted by atomic mass is 9.89. The molecule has 0 bridgehead atoms. The maximum absolute atomic E-state index is 12.7. The number of piperidine rings is 2. The van der Waals surface area contributed by atoms with Crippen molar-refractivity contribution in [1.29, 1.82) is 0 Å². The van der Waals surface area contributed by atoms with Gasteiger partial charge in [-0.25, -0.2) is 0 Å². The minimum absolute atomic E-state index is 0.141. The van der Waals surface area contributed by atoms with E-state index in [1.807, 2.05) is 29.2 Å². The minimum Gasteiger partial charge on any atom is -0.497 e. The molecule has 2 atom stereocenters. The Labute approximate surface area is 145 Å². The van der Waals surface area contributed by atoms with E-state index in [9.17, 15) is 4.79 Å². The number of benzene rings is 1. The lowest BCUT2D eigenvalue weighted by molar-refractivity contribution is -0.938. The summed E-state index contributed by atoms with van der Waals surface area (Å²) in [5.41, 5.74) is 0.736. The first kappa shape index (κ1) is 17.3. The molecule has 4 heteroatoms. The monoisotopic (exact) mass is 331 g/mol. The van der Waals surface area contributed by atoms with Crippen molar-refractivity contribution in [3.8, 4) is 5.75 Å². The third-order valence-corrected chi connectivity index (χ3v) is 5.70. The molecule has 0 spiro atoms. The molecule has 1 aromatic rings. The molecule has 4 nitrogen and oxygen atoms in total. The van der Waals surface area contributed by atoms with Gasteiger partial charge >= 0.3 is 0 Å². The first-order chi connectivity index (χ1) is 11.6. The van der Waals surface area contributed by atoms with Crippen LogP contribution in [0.25, 0.3) is 0 Å². The average Bonchev–Trinajstić information content (AvgIpc) is 2.60. The van der Waals surface area contributed by atoms with Crippen LogP contribution in [0.2, 0.25) is 0 Å². The smallest absolute Gasteiger partial charge is 0.253 e. The first-order valence-corrected chi connectivity index (χ1v) is 9.34. The zero-order valence-corrected chi connectivity index (χ0v) is 15.3. The predicted molar refractivity (Wildman–Crippen MR) is 95.6 cm³/mol. The highest BCUT2D eigenvalue weighted by molar-refractivity contribution is 5.94. The highest BCUT2D eigenvalue weighted by Gasteiger charge is 2.34. The molecule has 2 aliphatic heterocycles. The normalized spacial score (nSPS) is 28.6. The molecular formula is C20H31N2O2+. The van der Waals surface area contributed by atoms with Crippen LogP contribution in [-0.2, 0) is 0 Å². The van der Waals surface area contributed by atoms with Crippen molar-refractivity contribution >= 4 is 5.91 Å². The molecule has 0 aromatic heterocycles. The van der Waals surface area contributed by atoms with Crippen LogP contribution in [0.1, 0.15) is 43.5 Å². The molecule has 132 valence electrons. The third kappa shape index (κ3) is 3.92. The van der Waals surface area contributed by atoms with Gasteiger partial charge < -0.3 is 14.5 Å². The van der Waals surface area contributed by atoms with Gasteiger partial charge in [-0.3, -0.25) is 4.79 Å². The fourth-order valence-corrected chi connectivity index (χ4v) is 4.59. The van der Waals surface area contributed by atoms with Crippen LogP contribution in [0.15, 0.2) is 24.3 Å². The fraction of sp³-hybridized carbons (Fsp3) is 0.650. The largest absolute Gasteiger partial charge is 0.497 e. The maximum atomic E-state index is 12.7. The fourth-order valence-electron chi connectivity index (χ4n) is 4.59. The molecule has 2 fully saturated rings. The topological polar surface area (TPSA) is 34.0 Å². The Morgan fingerprint density at radius 2 is 1.83 bits per heavy atom. The number of ether oxygens (including phenoxy) is 1. The molecule has 1 aromatic carbocycles. The second-order valence-electron chi connectivity index (χ2n) is 7.81. The number of nitrogens with one attached hydrogen (secondary N) is 1. The van der Waals surface area contributed by atoms with Crippen LogP contribution >= 0.6 is 0 Å². The molecule has 0 radical (unpaired) electrons. The Hall–Kier alpha value is -1.55. The lowest BCUT2D eigenvalue weighted by Crippen LogP contribution is -3.18. The SMILES string of the molecule is COc1cccc(C(=O)N2CCC([NH+]3CC(C)CC(C)C3)CC2)c1. The van der Waals surface area contributed by atoms with Gasteiger partial charge in [0.1, 0.15) is 5.75 Å². The van der Waals surface area contributed by atoms with Gasteiger partial charge in [-0.2, -0.15) is 0 Å². The van der Waals surface area contributed by atoms with E-state index in [-0.39, 0.29) is 5.91 Å². The molecule has 0 aliphatic carbocycles. The Bertz CT molecular complexity index is 557. The van der Waals surface area contributed by atoms with E-state index in [1.54, 1.807) is 12.0 Å². The number of carbonyl (C=O) groups is 1. The minimum atomic E-state index is 0.141. The van der Waals surface area contributed by atoms with Gasteiger partial charge in [0.2, 0.25) is 0 Å². The lowest BCUT2D eigenvalue weighted by Gasteiger charge is -2.41. The summed E-state index contributed by atoms with van der Waals surface area (Å²) >= 11 is 0. The number of nitrogens with zero attached hydrogens (tertiary/aromatic N) is 1. The Balaban J connectivity index is 1.57. The van der Waals surface area contributed by atoms with E-state index in [4.69, 9.17) is 4.74 Å². The molecule has 24 heavy (non-hydrogen) atoms. The van der Waals surface area contributed by atoms with Gasteiger partial charge in [0.05, 0.1) is 26.2 Å². The van der Waals surface area contributed by atoms with Crippen LogP contribution in [-0.4, -0.2) is 50.1 Å². The van der Waals surface area contributed by atoms with Crippen LogP contribution in [0.3, 0.4) is 0 Å². The zero-order chi connectivity index (χ0) is 17.1. The van der Waals surface area contributed by atoms with Gasteiger partial charge in [-0.1, -0.05) is 19.9 Å². The summed E-state index contributed by atoms with van der Waals surface area (Å²) < 4.78 is 5.23. The van der Waals surface area contributed by atoms with Crippen LogP contribution in [0, 0.1) is 11.8 Å². The molecule has 3 rings (SSSR count). The molecule has 1 amide bonds. The Morgan fingerprint density at radius 3 is 2.46 bits per heavy atom. The summed E-state index contributed by atoms with van der Waals surface area (Å²) in [6, 6.07) is 8.22. The third-order valence-electron chi connectivity index (χ3n) is 5.70. The Morgan fingerprint density at radius 1 is 1.17 bits per heavy atom. The number of methoxy groups -OCH3 is 1. The highest BCUT2D eigenvalue weighted by Crippen LogP contribution is 2.18. The van der Waals surface area contributed by atoms with Crippen molar-refractivity contribution in [1.82, 2.24) is 4.90 Å². The van der Waals surface area contributed by atoms with E-state index in [1.165, 1.54) is 19.5 Å². The highest BCUT2D eigenvalue weighted by atomic mass is 16.5. The van der Waals surface area contributed by atoms with E-state index in [0.717, 1.165) is 55.1 Å². The number of carbonyl (C=O) groups excluding carboxylic acids is 1. The number of quaternary nitrogens is 1. The summed E-state index contributed by atoms with van der Waals surface area (Å²) in [7, 11) is 1.64. The van der Waals surface area contributed by atoms with Crippen LogP contribution < -0.4 is 9.64 Å². The van der Waals surface area contributed by atoms with Crippen molar-refractivity contribution in [2.24, 2.45) is 11.8 Å². The summed E-state index contributed by atoms with van der Waals surface area (Å²) in [5.74, 6) is 2.56.